The lowest BCUT2D eigenvalue weighted by Gasteiger charge is -2.14. The van der Waals surface area contributed by atoms with Gasteiger partial charge in [-0.3, -0.25) is 0 Å². The van der Waals surface area contributed by atoms with Crippen molar-refractivity contribution in [1.29, 1.82) is 0 Å². The summed E-state index contributed by atoms with van der Waals surface area (Å²) in [5, 5.41) is 10.9. The van der Waals surface area contributed by atoms with Crippen LogP contribution in [0.2, 0.25) is 0 Å². The first-order valence-electron chi connectivity index (χ1n) is 10.4. The standard InChI is InChI=1S/C24H27BrO7S/c1-33(29,30)20-13-11-18(12-14-20)21(22(23(26)27)19-9-5-4-6-10-19)17-32-24(28)31-16-8-3-2-7-15-25/h4-6,9-14H,2-3,7-8,15-17H2,1H3,(H,26,27)/b22-21+. The fourth-order valence-electron chi connectivity index (χ4n) is 3.11. The highest BCUT2D eigenvalue weighted by Gasteiger charge is 2.20. The van der Waals surface area contributed by atoms with Crippen LogP contribution >= 0.6 is 15.9 Å². The Morgan fingerprint density at radius 3 is 2.09 bits per heavy atom. The molecular formula is C24H27BrO7S. The molecule has 0 unspecified atom stereocenters. The third-order valence-corrected chi connectivity index (χ3v) is 6.48. The van der Waals surface area contributed by atoms with E-state index >= 15 is 0 Å². The van der Waals surface area contributed by atoms with Crippen LogP contribution in [0.25, 0.3) is 11.1 Å². The maximum absolute atomic E-state index is 12.2. The molecule has 0 aliphatic carbocycles. The molecule has 2 rings (SSSR count). The summed E-state index contributed by atoms with van der Waals surface area (Å²) in [6.07, 6.45) is 3.91. The lowest BCUT2D eigenvalue weighted by atomic mass is 9.95. The molecule has 9 heteroatoms. The lowest BCUT2D eigenvalue weighted by Crippen LogP contribution is -2.13. The van der Waals surface area contributed by atoms with Gasteiger partial charge in [0.2, 0.25) is 0 Å². The molecule has 7 nitrogen and oxygen atoms in total. The second-order valence-electron chi connectivity index (χ2n) is 7.31. The number of carbonyl (C=O) groups excluding carboxylic acids is 1. The summed E-state index contributed by atoms with van der Waals surface area (Å²) in [5.74, 6) is -1.20. The zero-order chi connectivity index (χ0) is 24.3. The van der Waals surface area contributed by atoms with Crippen LogP contribution in [0.4, 0.5) is 4.79 Å². The molecule has 0 saturated carbocycles. The van der Waals surface area contributed by atoms with Crippen molar-refractivity contribution in [3.05, 3.63) is 65.7 Å². The first-order chi connectivity index (χ1) is 15.7. The summed E-state index contributed by atoms with van der Waals surface area (Å²) in [4.78, 5) is 24.3. The van der Waals surface area contributed by atoms with Gasteiger partial charge in [0.05, 0.1) is 17.1 Å². The lowest BCUT2D eigenvalue weighted by molar-refractivity contribution is -0.130. The predicted molar refractivity (Wildman–Crippen MR) is 130 cm³/mol. The van der Waals surface area contributed by atoms with Gasteiger partial charge < -0.3 is 14.6 Å². The van der Waals surface area contributed by atoms with Crippen molar-refractivity contribution < 1.29 is 32.6 Å². The van der Waals surface area contributed by atoms with Crippen LogP contribution in [0.5, 0.6) is 0 Å². The normalized spacial score (nSPS) is 12.1. The van der Waals surface area contributed by atoms with Crippen molar-refractivity contribution in [1.82, 2.24) is 0 Å². The van der Waals surface area contributed by atoms with Crippen LogP contribution < -0.4 is 0 Å². The van der Waals surface area contributed by atoms with Gasteiger partial charge in [-0.25, -0.2) is 18.0 Å². The van der Waals surface area contributed by atoms with E-state index in [1.54, 1.807) is 30.3 Å². The Morgan fingerprint density at radius 1 is 0.879 bits per heavy atom. The molecule has 0 aliphatic rings. The van der Waals surface area contributed by atoms with E-state index in [1.165, 1.54) is 24.3 Å². The Kier molecular flexibility index (Phi) is 10.6. The molecule has 0 atom stereocenters. The first kappa shape index (κ1) is 26.6. The van der Waals surface area contributed by atoms with E-state index in [2.05, 4.69) is 15.9 Å². The molecule has 2 aromatic carbocycles. The van der Waals surface area contributed by atoms with E-state index in [1.807, 2.05) is 0 Å². The second-order valence-corrected chi connectivity index (χ2v) is 10.1. The van der Waals surface area contributed by atoms with Gasteiger partial charge in [0.1, 0.15) is 6.61 Å². The zero-order valence-electron chi connectivity index (χ0n) is 18.3. The minimum absolute atomic E-state index is 0.0507. The minimum Gasteiger partial charge on any atom is -0.478 e. The van der Waals surface area contributed by atoms with Crippen molar-refractivity contribution in [2.75, 3.05) is 24.8 Å². The van der Waals surface area contributed by atoms with Crippen LogP contribution in [0.15, 0.2) is 59.5 Å². The van der Waals surface area contributed by atoms with E-state index in [0.29, 0.717) is 17.5 Å². The Labute approximate surface area is 202 Å². The Hall–Kier alpha value is -2.65. The number of alkyl halides is 1. The number of aliphatic carboxylic acids is 1. The third kappa shape index (κ3) is 8.66. The predicted octanol–water partition coefficient (Wildman–Crippen LogP) is 5.19. The average Bonchev–Trinajstić information content (AvgIpc) is 2.78. The van der Waals surface area contributed by atoms with Crippen molar-refractivity contribution in [3.8, 4) is 0 Å². The van der Waals surface area contributed by atoms with E-state index in [0.717, 1.165) is 30.8 Å². The van der Waals surface area contributed by atoms with Gasteiger partial charge in [-0.1, -0.05) is 71.2 Å². The minimum atomic E-state index is -3.42. The molecule has 0 amide bonds. The zero-order valence-corrected chi connectivity index (χ0v) is 20.7. The van der Waals surface area contributed by atoms with E-state index in [-0.39, 0.29) is 29.3 Å². The highest BCUT2D eigenvalue weighted by Crippen LogP contribution is 2.28. The number of sulfone groups is 1. The van der Waals surface area contributed by atoms with Gasteiger partial charge in [-0.15, -0.1) is 0 Å². The highest BCUT2D eigenvalue weighted by atomic mass is 79.9. The van der Waals surface area contributed by atoms with Gasteiger partial charge in [0, 0.05) is 17.2 Å². The van der Waals surface area contributed by atoms with Gasteiger partial charge in [0.25, 0.3) is 0 Å². The van der Waals surface area contributed by atoms with Crippen molar-refractivity contribution in [3.63, 3.8) is 0 Å². The highest BCUT2D eigenvalue weighted by molar-refractivity contribution is 9.09. The van der Waals surface area contributed by atoms with Gasteiger partial charge in [0.15, 0.2) is 9.84 Å². The van der Waals surface area contributed by atoms with Crippen LogP contribution in [-0.4, -0.2) is 50.4 Å². The van der Waals surface area contributed by atoms with E-state index < -0.39 is 22.0 Å². The molecule has 0 heterocycles. The summed E-state index contributed by atoms with van der Waals surface area (Å²) in [6, 6.07) is 14.2. The van der Waals surface area contributed by atoms with Crippen LogP contribution in [0, 0.1) is 0 Å². The monoisotopic (exact) mass is 538 g/mol. The third-order valence-electron chi connectivity index (χ3n) is 4.79. The van der Waals surface area contributed by atoms with Crippen molar-refractivity contribution >= 4 is 49.0 Å². The van der Waals surface area contributed by atoms with Crippen LogP contribution in [0.1, 0.15) is 36.8 Å². The van der Waals surface area contributed by atoms with Gasteiger partial charge in [-0.2, -0.15) is 0 Å². The molecular weight excluding hydrogens is 512 g/mol. The molecule has 178 valence electrons. The molecule has 2 aromatic rings. The molecule has 0 bridgehead atoms. The Bertz CT molecular complexity index is 1060. The largest absolute Gasteiger partial charge is 0.508 e. The van der Waals surface area contributed by atoms with Crippen LogP contribution in [-0.2, 0) is 24.1 Å². The molecule has 0 spiro atoms. The number of hydrogen-bond acceptors (Lipinski definition) is 6. The maximum Gasteiger partial charge on any atom is 0.508 e. The van der Waals surface area contributed by atoms with Crippen molar-refractivity contribution in [2.24, 2.45) is 0 Å². The molecule has 0 fully saturated rings. The molecule has 0 aromatic heterocycles. The topological polar surface area (TPSA) is 107 Å². The first-order valence-corrected chi connectivity index (χ1v) is 13.4. The fourth-order valence-corrected chi connectivity index (χ4v) is 4.14. The Morgan fingerprint density at radius 2 is 1.52 bits per heavy atom. The average molecular weight is 539 g/mol. The molecule has 0 saturated heterocycles. The number of benzene rings is 2. The number of rotatable bonds is 12. The van der Waals surface area contributed by atoms with E-state index in [9.17, 15) is 23.1 Å². The van der Waals surface area contributed by atoms with Crippen molar-refractivity contribution in [2.45, 2.75) is 30.6 Å². The van der Waals surface area contributed by atoms with Crippen LogP contribution in [0.3, 0.4) is 0 Å². The summed E-state index contributed by atoms with van der Waals surface area (Å²) in [6.45, 7) is -0.134. The number of ether oxygens (including phenoxy) is 2. The summed E-state index contributed by atoms with van der Waals surface area (Å²) >= 11 is 3.37. The number of hydrogen-bond donors (Lipinski definition) is 1. The maximum atomic E-state index is 12.2. The number of unbranched alkanes of at least 4 members (excludes halogenated alkanes) is 3. The molecule has 1 N–H and O–H groups in total. The molecule has 0 radical (unpaired) electrons. The molecule has 0 aliphatic heterocycles. The smallest absolute Gasteiger partial charge is 0.478 e. The Balaban J connectivity index is 2.26. The quantitative estimate of drug-likeness (QED) is 0.130. The number of carboxylic acids is 1. The number of carboxylic acid groups (broad SMARTS) is 1. The van der Waals surface area contributed by atoms with Gasteiger partial charge >= 0.3 is 12.1 Å². The summed E-state index contributed by atoms with van der Waals surface area (Å²) in [5.41, 5.74) is 1.02. The molecule has 33 heavy (non-hydrogen) atoms. The fraction of sp³-hybridized carbons (Fsp3) is 0.333. The summed E-state index contributed by atoms with van der Waals surface area (Å²) in [7, 11) is -3.42. The second kappa shape index (κ2) is 13.2. The van der Waals surface area contributed by atoms with E-state index in [4.69, 9.17) is 9.47 Å². The number of carbonyl (C=O) groups is 2. The van der Waals surface area contributed by atoms with Gasteiger partial charge in [-0.05, 0) is 36.1 Å². The summed E-state index contributed by atoms with van der Waals surface area (Å²) < 4.78 is 33.9. The SMILES string of the molecule is CS(=O)(=O)c1ccc(/C(COC(=O)OCCCCCCBr)=C(/C(=O)O)c2ccccc2)cc1. The number of halogens is 1.